The lowest BCUT2D eigenvalue weighted by Gasteiger charge is -2.37. The fourth-order valence-electron chi connectivity index (χ4n) is 3.52. The zero-order valence-corrected chi connectivity index (χ0v) is 14.7. The highest BCUT2D eigenvalue weighted by Gasteiger charge is 2.52. The fraction of sp³-hybridized carbons (Fsp3) is 0.667. The van der Waals surface area contributed by atoms with Crippen LogP contribution in [-0.4, -0.2) is 44.1 Å². The lowest BCUT2D eigenvalue weighted by atomic mass is 10.0. The van der Waals surface area contributed by atoms with Crippen molar-refractivity contribution in [2.45, 2.75) is 65.0 Å². The first-order chi connectivity index (χ1) is 10.8. The molecule has 4 atom stereocenters. The summed E-state index contributed by atoms with van der Waals surface area (Å²) in [5.74, 6) is 0.223. The molecule has 2 aliphatic rings. The summed E-state index contributed by atoms with van der Waals surface area (Å²) in [5.41, 5.74) is 3.41. The molecule has 2 heterocycles. The third kappa shape index (κ3) is 3.24. The Balaban J connectivity index is 1.89. The van der Waals surface area contributed by atoms with Gasteiger partial charge < -0.3 is 23.7 Å². The molecule has 0 aliphatic carbocycles. The highest BCUT2D eigenvalue weighted by atomic mass is 16.8. The summed E-state index contributed by atoms with van der Waals surface area (Å²) in [7, 11) is 1.62. The van der Waals surface area contributed by atoms with E-state index < -0.39 is 12.1 Å². The van der Waals surface area contributed by atoms with Crippen molar-refractivity contribution in [3.05, 3.63) is 28.8 Å². The lowest BCUT2D eigenvalue weighted by molar-refractivity contribution is -0.234. The van der Waals surface area contributed by atoms with Gasteiger partial charge in [0, 0.05) is 7.11 Å². The van der Waals surface area contributed by atoms with Crippen LogP contribution in [0.5, 0.6) is 5.75 Å². The molecule has 3 rings (SSSR count). The van der Waals surface area contributed by atoms with E-state index in [0.717, 1.165) is 16.9 Å². The molecule has 0 bridgehead atoms. The third-order valence-corrected chi connectivity index (χ3v) is 4.33. The van der Waals surface area contributed by atoms with Crippen LogP contribution >= 0.6 is 0 Å². The molecule has 1 aromatic carbocycles. The predicted octanol–water partition coefficient (Wildman–Crippen LogP) is 2.88. The van der Waals surface area contributed by atoms with Gasteiger partial charge >= 0.3 is 0 Å². The average Bonchev–Trinajstić information content (AvgIpc) is 2.76. The largest absolute Gasteiger partial charge is 0.482 e. The van der Waals surface area contributed by atoms with Crippen molar-refractivity contribution in [2.24, 2.45) is 0 Å². The van der Waals surface area contributed by atoms with Crippen LogP contribution in [0, 0.1) is 20.8 Å². The standard InChI is InChI=1S/C18H26O5/c1-10-7-11(2)14(12(3)8-10)21-16-15-13(9-20-17(16)19-6)22-18(4,5)23-15/h7-8,13,15-17H,9H2,1-6H3/t13-,15-,16-,17+/m1/s1. The summed E-state index contributed by atoms with van der Waals surface area (Å²) in [6.07, 6.45) is -1.22. The Bertz CT molecular complexity index is 560. The van der Waals surface area contributed by atoms with E-state index in [-0.39, 0.29) is 18.3 Å². The second kappa shape index (κ2) is 6.06. The maximum absolute atomic E-state index is 6.33. The smallest absolute Gasteiger partial charge is 0.197 e. The first-order valence-corrected chi connectivity index (χ1v) is 8.05. The van der Waals surface area contributed by atoms with Gasteiger partial charge in [-0.05, 0) is 45.7 Å². The van der Waals surface area contributed by atoms with E-state index >= 15 is 0 Å². The fourth-order valence-corrected chi connectivity index (χ4v) is 3.52. The molecule has 0 spiro atoms. The third-order valence-electron chi connectivity index (χ3n) is 4.33. The number of fused-ring (bicyclic) bond motifs is 1. The van der Waals surface area contributed by atoms with Crippen LogP contribution in [0.4, 0.5) is 0 Å². The van der Waals surface area contributed by atoms with Gasteiger partial charge in [-0.3, -0.25) is 0 Å². The van der Waals surface area contributed by atoms with E-state index in [2.05, 4.69) is 19.1 Å². The SMILES string of the molecule is CO[C@H]1OC[C@H]2OC(C)(C)O[C@H]2[C@H]1Oc1c(C)cc(C)cc1C. The molecule has 23 heavy (non-hydrogen) atoms. The minimum atomic E-state index is -0.639. The zero-order valence-electron chi connectivity index (χ0n) is 14.7. The minimum absolute atomic E-state index is 0.146. The lowest BCUT2D eigenvalue weighted by Crippen LogP contribution is -2.55. The van der Waals surface area contributed by atoms with E-state index in [1.54, 1.807) is 7.11 Å². The number of hydrogen-bond donors (Lipinski definition) is 0. The van der Waals surface area contributed by atoms with Gasteiger partial charge in [0.25, 0.3) is 0 Å². The van der Waals surface area contributed by atoms with Crippen molar-refractivity contribution >= 4 is 0 Å². The summed E-state index contributed by atoms with van der Waals surface area (Å²) in [4.78, 5) is 0. The van der Waals surface area contributed by atoms with E-state index in [0.29, 0.717) is 6.61 Å². The number of aryl methyl sites for hydroxylation is 3. The van der Waals surface area contributed by atoms with Gasteiger partial charge in [0.1, 0.15) is 18.0 Å². The molecule has 2 saturated heterocycles. The van der Waals surface area contributed by atoms with Crippen LogP contribution in [0.3, 0.4) is 0 Å². The Labute approximate surface area is 137 Å². The van der Waals surface area contributed by atoms with Gasteiger partial charge in [-0.2, -0.15) is 0 Å². The molecule has 5 nitrogen and oxygen atoms in total. The Morgan fingerprint density at radius 3 is 2.35 bits per heavy atom. The predicted molar refractivity (Wildman–Crippen MR) is 85.6 cm³/mol. The highest BCUT2D eigenvalue weighted by molar-refractivity contribution is 5.43. The van der Waals surface area contributed by atoms with Gasteiger partial charge in [-0.25, -0.2) is 0 Å². The molecule has 2 aliphatic heterocycles. The summed E-state index contributed by atoms with van der Waals surface area (Å²) in [6.45, 7) is 10.4. The van der Waals surface area contributed by atoms with Gasteiger partial charge in [0.15, 0.2) is 18.2 Å². The van der Waals surface area contributed by atoms with E-state index in [9.17, 15) is 0 Å². The van der Waals surface area contributed by atoms with Crippen LogP contribution in [-0.2, 0) is 18.9 Å². The molecule has 1 aromatic rings. The molecule has 5 heteroatoms. The van der Waals surface area contributed by atoms with Crippen LogP contribution in [0.2, 0.25) is 0 Å². The summed E-state index contributed by atoms with van der Waals surface area (Å²) < 4.78 is 29.5. The van der Waals surface area contributed by atoms with Gasteiger partial charge in [0.05, 0.1) is 6.61 Å². The first kappa shape index (κ1) is 16.7. The van der Waals surface area contributed by atoms with Gasteiger partial charge in [0.2, 0.25) is 0 Å². The Kier molecular flexibility index (Phi) is 4.40. The van der Waals surface area contributed by atoms with E-state index in [1.807, 2.05) is 27.7 Å². The van der Waals surface area contributed by atoms with Crippen molar-refractivity contribution < 1.29 is 23.7 Å². The van der Waals surface area contributed by atoms with E-state index in [4.69, 9.17) is 23.7 Å². The molecule has 0 radical (unpaired) electrons. The van der Waals surface area contributed by atoms with Crippen molar-refractivity contribution in [1.29, 1.82) is 0 Å². The maximum Gasteiger partial charge on any atom is 0.197 e. The van der Waals surface area contributed by atoms with Crippen molar-refractivity contribution in [3.8, 4) is 5.75 Å². The summed E-state index contributed by atoms with van der Waals surface area (Å²) >= 11 is 0. The second-order valence-electron chi connectivity index (χ2n) is 6.89. The van der Waals surface area contributed by atoms with Crippen LogP contribution in [0.1, 0.15) is 30.5 Å². The maximum atomic E-state index is 6.33. The molecule has 0 saturated carbocycles. The number of hydrogen-bond acceptors (Lipinski definition) is 5. The molecule has 0 aromatic heterocycles. The topological polar surface area (TPSA) is 46.2 Å². The molecule has 0 N–H and O–H groups in total. The number of methoxy groups -OCH3 is 1. The number of ether oxygens (including phenoxy) is 5. The molecular formula is C18H26O5. The van der Waals surface area contributed by atoms with Crippen LogP contribution < -0.4 is 4.74 Å². The Hall–Kier alpha value is -1.14. The second-order valence-corrected chi connectivity index (χ2v) is 6.89. The molecule has 0 amide bonds. The molecule has 128 valence electrons. The molecular weight excluding hydrogens is 296 g/mol. The summed E-state index contributed by atoms with van der Waals surface area (Å²) in [5, 5.41) is 0. The van der Waals surface area contributed by atoms with Crippen molar-refractivity contribution in [3.63, 3.8) is 0 Å². The van der Waals surface area contributed by atoms with Gasteiger partial charge in [-0.1, -0.05) is 17.7 Å². The number of benzene rings is 1. The van der Waals surface area contributed by atoms with E-state index in [1.165, 1.54) is 5.56 Å². The Morgan fingerprint density at radius 2 is 1.74 bits per heavy atom. The van der Waals surface area contributed by atoms with Crippen molar-refractivity contribution in [2.75, 3.05) is 13.7 Å². The highest BCUT2D eigenvalue weighted by Crippen LogP contribution is 2.37. The number of rotatable bonds is 3. The normalized spacial score (nSPS) is 32.6. The summed E-state index contributed by atoms with van der Waals surface area (Å²) in [6, 6.07) is 4.22. The first-order valence-electron chi connectivity index (χ1n) is 8.05. The minimum Gasteiger partial charge on any atom is -0.482 e. The van der Waals surface area contributed by atoms with Crippen molar-refractivity contribution in [1.82, 2.24) is 0 Å². The Morgan fingerprint density at radius 1 is 1.09 bits per heavy atom. The van der Waals surface area contributed by atoms with Crippen LogP contribution in [0.25, 0.3) is 0 Å². The molecule has 0 unspecified atom stereocenters. The molecule has 2 fully saturated rings. The van der Waals surface area contributed by atoms with Gasteiger partial charge in [-0.15, -0.1) is 0 Å². The average molecular weight is 322 g/mol. The zero-order chi connectivity index (χ0) is 16.8. The van der Waals surface area contributed by atoms with Crippen LogP contribution in [0.15, 0.2) is 12.1 Å². The quantitative estimate of drug-likeness (QED) is 0.856. The monoisotopic (exact) mass is 322 g/mol.